The van der Waals surface area contributed by atoms with Crippen molar-refractivity contribution in [2.24, 2.45) is 5.73 Å². The number of nitrogens with two attached hydrogens (primary N) is 1. The average molecular weight is 283 g/mol. The molecule has 0 unspecified atom stereocenters. The van der Waals surface area contributed by atoms with E-state index in [9.17, 15) is 4.39 Å². The molecule has 3 heteroatoms. The zero-order valence-electron chi connectivity index (χ0n) is 12.2. The third-order valence-corrected chi connectivity index (χ3v) is 3.24. The summed E-state index contributed by atoms with van der Waals surface area (Å²) in [7, 11) is 0. The van der Waals surface area contributed by atoms with Crippen LogP contribution < -0.4 is 10.5 Å². The zero-order chi connectivity index (χ0) is 15.2. The molecular weight excluding hydrogens is 265 g/mol. The van der Waals surface area contributed by atoms with Crippen molar-refractivity contribution in [1.29, 1.82) is 0 Å². The van der Waals surface area contributed by atoms with Crippen molar-refractivity contribution in [3.63, 3.8) is 0 Å². The van der Waals surface area contributed by atoms with Crippen LogP contribution >= 0.6 is 0 Å². The average Bonchev–Trinajstić information content (AvgIpc) is 2.48. The number of hydrogen-bond acceptors (Lipinski definition) is 2. The standard InChI is InChI=1S/C18H18FNO/c1-13-5-7-17(10-14(13)2)21-12-15-6-8-18(19)16(11-15)4-3-9-20/h5-8,10-11H,9,12,20H2,1-2H3. The van der Waals surface area contributed by atoms with Gasteiger partial charge in [-0.3, -0.25) is 0 Å². The Morgan fingerprint density at radius 2 is 1.90 bits per heavy atom. The molecule has 0 fully saturated rings. The van der Waals surface area contributed by atoms with Gasteiger partial charge in [0.1, 0.15) is 18.2 Å². The number of halogens is 1. The van der Waals surface area contributed by atoms with Gasteiger partial charge in [-0.2, -0.15) is 0 Å². The molecule has 0 radical (unpaired) electrons. The minimum absolute atomic E-state index is 0.211. The lowest BCUT2D eigenvalue weighted by Crippen LogP contribution is -1.98. The van der Waals surface area contributed by atoms with Gasteiger partial charge in [-0.25, -0.2) is 4.39 Å². The second-order valence-electron chi connectivity index (χ2n) is 4.85. The molecule has 2 aromatic rings. The SMILES string of the molecule is Cc1ccc(OCc2ccc(F)c(C#CCN)c2)cc1C. The lowest BCUT2D eigenvalue weighted by molar-refractivity contribution is 0.306. The number of hydrogen-bond donors (Lipinski definition) is 1. The zero-order valence-corrected chi connectivity index (χ0v) is 12.2. The molecule has 0 spiro atoms. The van der Waals surface area contributed by atoms with Crippen LogP contribution in [-0.4, -0.2) is 6.54 Å². The molecule has 2 N–H and O–H groups in total. The summed E-state index contributed by atoms with van der Waals surface area (Å²) in [6.45, 7) is 4.69. The molecule has 0 aliphatic rings. The highest BCUT2D eigenvalue weighted by atomic mass is 19.1. The molecule has 0 amide bonds. The Morgan fingerprint density at radius 3 is 2.62 bits per heavy atom. The van der Waals surface area contributed by atoms with E-state index in [2.05, 4.69) is 18.8 Å². The Morgan fingerprint density at radius 1 is 1.10 bits per heavy atom. The fourth-order valence-electron chi connectivity index (χ4n) is 1.87. The van der Waals surface area contributed by atoms with E-state index in [1.165, 1.54) is 17.2 Å². The Kier molecular flexibility index (Phi) is 4.97. The van der Waals surface area contributed by atoms with Crippen molar-refractivity contribution < 1.29 is 9.13 Å². The molecule has 0 bridgehead atoms. The predicted octanol–water partition coefficient (Wildman–Crippen LogP) is 3.33. The van der Waals surface area contributed by atoms with Crippen LogP contribution in [0.4, 0.5) is 4.39 Å². The van der Waals surface area contributed by atoms with Gasteiger partial charge in [-0.05, 0) is 54.8 Å². The fourth-order valence-corrected chi connectivity index (χ4v) is 1.87. The topological polar surface area (TPSA) is 35.2 Å². The molecule has 2 nitrogen and oxygen atoms in total. The Hall–Kier alpha value is -2.31. The Balaban J connectivity index is 2.11. The van der Waals surface area contributed by atoms with Gasteiger partial charge in [0.15, 0.2) is 0 Å². The van der Waals surface area contributed by atoms with Crippen molar-refractivity contribution in [3.05, 3.63) is 64.5 Å². The molecule has 2 rings (SSSR count). The highest BCUT2D eigenvalue weighted by Gasteiger charge is 2.03. The third kappa shape index (κ3) is 4.08. The molecule has 0 aromatic heterocycles. The molecule has 2 aromatic carbocycles. The smallest absolute Gasteiger partial charge is 0.138 e. The first kappa shape index (κ1) is 15.1. The van der Waals surface area contributed by atoms with E-state index in [0.29, 0.717) is 12.2 Å². The molecule has 0 aliphatic heterocycles. The van der Waals surface area contributed by atoms with Crippen molar-refractivity contribution in [2.75, 3.05) is 6.54 Å². The first-order valence-corrected chi connectivity index (χ1v) is 6.77. The van der Waals surface area contributed by atoms with Crippen molar-refractivity contribution in [3.8, 4) is 17.6 Å². The highest BCUT2D eigenvalue weighted by molar-refractivity contribution is 5.39. The highest BCUT2D eigenvalue weighted by Crippen LogP contribution is 2.18. The summed E-state index contributed by atoms with van der Waals surface area (Å²) in [4.78, 5) is 0. The van der Waals surface area contributed by atoms with Gasteiger partial charge in [-0.1, -0.05) is 24.0 Å². The number of ether oxygens (including phenoxy) is 1. The van der Waals surface area contributed by atoms with E-state index >= 15 is 0 Å². The predicted molar refractivity (Wildman–Crippen MR) is 82.6 cm³/mol. The van der Waals surface area contributed by atoms with Crippen LogP contribution in [0.15, 0.2) is 36.4 Å². The summed E-state index contributed by atoms with van der Waals surface area (Å²) in [6, 6.07) is 10.7. The van der Waals surface area contributed by atoms with Gasteiger partial charge in [0.25, 0.3) is 0 Å². The quantitative estimate of drug-likeness (QED) is 0.877. The van der Waals surface area contributed by atoms with Crippen molar-refractivity contribution in [2.45, 2.75) is 20.5 Å². The minimum atomic E-state index is -0.342. The van der Waals surface area contributed by atoms with E-state index in [1.54, 1.807) is 12.1 Å². The first-order chi connectivity index (χ1) is 10.1. The van der Waals surface area contributed by atoms with Crippen LogP contribution in [0.3, 0.4) is 0 Å². The van der Waals surface area contributed by atoms with Crippen LogP contribution in [0.1, 0.15) is 22.3 Å². The van der Waals surface area contributed by atoms with E-state index in [0.717, 1.165) is 11.3 Å². The second kappa shape index (κ2) is 6.92. The molecule has 108 valence electrons. The monoisotopic (exact) mass is 283 g/mol. The van der Waals surface area contributed by atoms with Crippen LogP contribution in [0.5, 0.6) is 5.75 Å². The molecule has 0 saturated heterocycles. The molecule has 0 heterocycles. The second-order valence-corrected chi connectivity index (χ2v) is 4.85. The van der Waals surface area contributed by atoms with Crippen LogP contribution in [0, 0.1) is 31.5 Å². The first-order valence-electron chi connectivity index (χ1n) is 6.77. The molecule has 0 aliphatic carbocycles. The Bertz CT molecular complexity index is 698. The van der Waals surface area contributed by atoms with E-state index < -0.39 is 0 Å². The minimum Gasteiger partial charge on any atom is -0.489 e. The van der Waals surface area contributed by atoms with Crippen molar-refractivity contribution in [1.82, 2.24) is 0 Å². The van der Waals surface area contributed by atoms with E-state index in [4.69, 9.17) is 10.5 Å². The lowest BCUT2D eigenvalue weighted by Gasteiger charge is -2.09. The van der Waals surface area contributed by atoms with Gasteiger partial charge in [0, 0.05) is 0 Å². The maximum atomic E-state index is 13.6. The summed E-state index contributed by atoms with van der Waals surface area (Å²) < 4.78 is 19.3. The number of aryl methyl sites for hydroxylation is 2. The number of benzene rings is 2. The summed E-state index contributed by atoms with van der Waals surface area (Å²) >= 11 is 0. The summed E-state index contributed by atoms with van der Waals surface area (Å²) in [6.07, 6.45) is 0. The van der Waals surface area contributed by atoms with Crippen LogP contribution in [0.25, 0.3) is 0 Å². The van der Waals surface area contributed by atoms with Gasteiger partial charge in [0.2, 0.25) is 0 Å². The fraction of sp³-hybridized carbons (Fsp3) is 0.222. The molecule has 21 heavy (non-hydrogen) atoms. The molecule has 0 saturated carbocycles. The normalized spacial score (nSPS) is 9.90. The number of rotatable bonds is 3. The van der Waals surface area contributed by atoms with Crippen molar-refractivity contribution >= 4 is 0 Å². The molecule has 0 atom stereocenters. The van der Waals surface area contributed by atoms with E-state index in [1.807, 2.05) is 25.1 Å². The van der Waals surface area contributed by atoms with Gasteiger partial charge >= 0.3 is 0 Å². The van der Waals surface area contributed by atoms with E-state index in [-0.39, 0.29) is 12.4 Å². The summed E-state index contributed by atoms with van der Waals surface area (Å²) in [5.41, 5.74) is 8.93. The molecular formula is C18H18FNO. The summed E-state index contributed by atoms with van der Waals surface area (Å²) in [5.74, 6) is 5.84. The van der Waals surface area contributed by atoms with Gasteiger partial charge in [0.05, 0.1) is 12.1 Å². The third-order valence-electron chi connectivity index (χ3n) is 3.24. The maximum absolute atomic E-state index is 13.6. The maximum Gasteiger partial charge on any atom is 0.138 e. The van der Waals surface area contributed by atoms with Crippen LogP contribution in [0.2, 0.25) is 0 Å². The van der Waals surface area contributed by atoms with Crippen LogP contribution in [-0.2, 0) is 6.61 Å². The van der Waals surface area contributed by atoms with Gasteiger partial charge in [-0.15, -0.1) is 0 Å². The lowest BCUT2D eigenvalue weighted by atomic mass is 10.1. The summed E-state index contributed by atoms with van der Waals surface area (Å²) in [5, 5.41) is 0. The largest absolute Gasteiger partial charge is 0.489 e. The Labute approximate surface area is 124 Å². The van der Waals surface area contributed by atoms with Gasteiger partial charge < -0.3 is 10.5 Å².